The van der Waals surface area contributed by atoms with E-state index in [1.807, 2.05) is 36.5 Å². The molecule has 1 amide bonds. The first-order valence-corrected chi connectivity index (χ1v) is 10.9. The zero-order valence-electron chi connectivity index (χ0n) is 16.7. The van der Waals surface area contributed by atoms with Crippen molar-refractivity contribution in [3.8, 4) is 0 Å². The Balaban J connectivity index is 1.49. The summed E-state index contributed by atoms with van der Waals surface area (Å²) in [6, 6.07) is 16.1. The number of aromatic nitrogens is 1. The Labute approximate surface area is 177 Å². The molecule has 1 aromatic heterocycles. The lowest BCUT2D eigenvalue weighted by atomic mass is 9.88. The highest BCUT2D eigenvalue weighted by Crippen LogP contribution is 2.34. The van der Waals surface area contributed by atoms with Crippen LogP contribution in [-0.4, -0.2) is 42.0 Å². The number of rotatable bonds is 7. The normalized spacial score (nSPS) is 16.0. The van der Waals surface area contributed by atoms with Crippen molar-refractivity contribution in [1.82, 2.24) is 15.2 Å². The van der Waals surface area contributed by atoms with Crippen LogP contribution in [0, 0.1) is 0 Å². The van der Waals surface area contributed by atoms with Crippen molar-refractivity contribution in [1.29, 1.82) is 0 Å². The first kappa shape index (κ1) is 20.0. The molecule has 4 rings (SSSR count). The number of piperidine rings is 1. The quantitative estimate of drug-likeness (QED) is 0.580. The summed E-state index contributed by atoms with van der Waals surface area (Å²) in [5, 5.41) is 4.97. The highest BCUT2D eigenvalue weighted by Gasteiger charge is 2.22. The number of aromatic amines is 1. The molecule has 4 nitrogen and oxygen atoms in total. The van der Waals surface area contributed by atoms with Gasteiger partial charge in [-0.25, -0.2) is 0 Å². The van der Waals surface area contributed by atoms with E-state index >= 15 is 0 Å². The number of nitrogens with zero attached hydrogens (tertiary/aromatic N) is 1. The topological polar surface area (TPSA) is 48.1 Å². The molecule has 29 heavy (non-hydrogen) atoms. The van der Waals surface area contributed by atoms with Crippen molar-refractivity contribution in [2.45, 2.75) is 31.6 Å². The lowest BCUT2D eigenvalue weighted by molar-refractivity contribution is -0.121. The minimum atomic E-state index is -0.0418. The van der Waals surface area contributed by atoms with Crippen molar-refractivity contribution >= 4 is 28.4 Å². The Hall–Kier alpha value is -2.30. The SMILES string of the molecule is O=C(CC(c1cccc(Cl)c1)c1c[nH]c2ccccc12)NCCN1CCCCC1. The molecule has 0 saturated carbocycles. The predicted molar refractivity (Wildman–Crippen MR) is 120 cm³/mol. The number of H-pyrrole nitrogens is 1. The smallest absolute Gasteiger partial charge is 0.220 e. The van der Waals surface area contributed by atoms with Gasteiger partial charge in [-0.2, -0.15) is 0 Å². The van der Waals surface area contributed by atoms with Gasteiger partial charge in [-0.15, -0.1) is 0 Å². The van der Waals surface area contributed by atoms with Crippen LogP contribution in [0.15, 0.2) is 54.7 Å². The molecule has 0 radical (unpaired) electrons. The van der Waals surface area contributed by atoms with Crippen molar-refractivity contribution < 1.29 is 4.79 Å². The van der Waals surface area contributed by atoms with E-state index in [0.29, 0.717) is 18.0 Å². The number of likely N-dealkylation sites (tertiary alicyclic amines) is 1. The molecule has 152 valence electrons. The number of halogens is 1. The lowest BCUT2D eigenvalue weighted by Gasteiger charge is -2.26. The maximum atomic E-state index is 12.8. The Bertz CT molecular complexity index is 961. The maximum Gasteiger partial charge on any atom is 0.220 e. The monoisotopic (exact) mass is 409 g/mol. The van der Waals surface area contributed by atoms with Gasteiger partial charge in [0.2, 0.25) is 5.91 Å². The maximum absolute atomic E-state index is 12.8. The zero-order chi connectivity index (χ0) is 20.1. The number of carbonyl (C=O) groups is 1. The average Bonchev–Trinajstić information content (AvgIpc) is 3.17. The number of fused-ring (bicyclic) bond motifs is 1. The number of hydrogen-bond acceptors (Lipinski definition) is 2. The summed E-state index contributed by atoms with van der Waals surface area (Å²) in [6.07, 6.45) is 6.30. The number of amides is 1. The summed E-state index contributed by atoms with van der Waals surface area (Å²) in [6.45, 7) is 3.93. The molecule has 1 unspecified atom stereocenters. The lowest BCUT2D eigenvalue weighted by Crippen LogP contribution is -2.38. The molecule has 3 aromatic rings. The minimum absolute atomic E-state index is 0.0418. The summed E-state index contributed by atoms with van der Waals surface area (Å²) in [5.74, 6) is 0.0390. The first-order valence-electron chi connectivity index (χ1n) is 10.5. The summed E-state index contributed by atoms with van der Waals surface area (Å²) in [7, 11) is 0. The standard InChI is InChI=1S/C24H28ClN3O/c25-19-8-6-7-18(15-19)21(22-17-27-23-10-3-2-9-20(22)23)16-24(29)26-11-14-28-12-4-1-5-13-28/h2-3,6-10,15,17,21,27H,1,4-5,11-14,16H2,(H,26,29). The van der Waals surface area contributed by atoms with E-state index in [0.717, 1.165) is 41.7 Å². The molecule has 0 bridgehead atoms. The molecule has 0 spiro atoms. The molecule has 1 aliphatic heterocycles. The summed E-state index contributed by atoms with van der Waals surface area (Å²) >= 11 is 6.26. The van der Waals surface area contributed by atoms with Gasteiger partial charge in [-0.3, -0.25) is 4.79 Å². The first-order chi connectivity index (χ1) is 14.2. The Morgan fingerprint density at radius 3 is 2.76 bits per heavy atom. The Morgan fingerprint density at radius 1 is 1.10 bits per heavy atom. The molecule has 1 atom stereocenters. The van der Waals surface area contributed by atoms with Gasteiger partial charge in [0.15, 0.2) is 0 Å². The molecule has 1 aliphatic rings. The van der Waals surface area contributed by atoms with E-state index in [2.05, 4.69) is 33.4 Å². The van der Waals surface area contributed by atoms with Gasteiger partial charge in [-0.1, -0.05) is 48.4 Å². The third-order valence-corrected chi connectivity index (χ3v) is 6.07. The molecule has 2 aromatic carbocycles. The van der Waals surface area contributed by atoms with Gasteiger partial charge in [-0.05, 0) is 55.3 Å². The molecule has 0 aliphatic carbocycles. The third kappa shape index (κ3) is 5.01. The van der Waals surface area contributed by atoms with Gasteiger partial charge in [0.05, 0.1) is 0 Å². The van der Waals surface area contributed by atoms with E-state index in [1.54, 1.807) is 0 Å². The minimum Gasteiger partial charge on any atom is -0.361 e. The average molecular weight is 410 g/mol. The fraction of sp³-hybridized carbons (Fsp3) is 0.375. The van der Waals surface area contributed by atoms with E-state index < -0.39 is 0 Å². The van der Waals surface area contributed by atoms with Crippen molar-refractivity contribution in [2.75, 3.05) is 26.2 Å². The summed E-state index contributed by atoms with van der Waals surface area (Å²) < 4.78 is 0. The number of hydrogen-bond donors (Lipinski definition) is 2. The van der Waals surface area contributed by atoms with Gasteiger partial charge in [0, 0.05) is 47.6 Å². The van der Waals surface area contributed by atoms with E-state index in [-0.39, 0.29) is 11.8 Å². The van der Waals surface area contributed by atoms with Crippen LogP contribution in [0.5, 0.6) is 0 Å². The van der Waals surface area contributed by atoms with Gasteiger partial charge >= 0.3 is 0 Å². The van der Waals surface area contributed by atoms with Crippen LogP contribution < -0.4 is 5.32 Å². The molecule has 1 saturated heterocycles. The number of nitrogens with one attached hydrogen (secondary N) is 2. The van der Waals surface area contributed by atoms with Gasteiger partial charge < -0.3 is 15.2 Å². The van der Waals surface area contributed by atoms with Crippen LogP contribution >= 0.6 is 11.6 Å². The second-order valence-electron chi connectivity index (χ2n) is 7.85. The number of carbonyl (C=O) groups excluding carboxylic acids is 1. The van der Waals surface area contributed by atoms with Crippen LogP contribution in [0.1, 0.15) is 42.7 Å². The Morgan fingerprint density at radius 2 is 1.93 bits per heavy atom. The fourth-order valence-corrected chi connectivity index (χ4v) is 4.51. The number of para-hydroxylation sites is 1. The van der Waals surface area contributed by atoms with E-state index in [4.69, 9.17) is 11.6 Å². The molecule has 1 fully saturated rings. The van der Waals surface area contributed by atoms with E-state index in [9.17, 15) is 4.79 Å². The molecular formula is C24H28ClN3O. The van der Waals surface area contributed by atoms with Crippen molar-refractivity contribution in [3.05, 3.63) is 70.9 Å². The Kier molecular flexibility index (Phi) is 6.53. The van der Waals surface area contributed by atoms with E-state index in [1.165, 1.54) is 19.3 Å². The summed E-state index contributed by atoms with van der Waals surface area (Å²) in [4.78, 5) is 18.6. The molecule has 5 heteroatoms. The molecule has 2 heterocycles. The van der Waals surface area contributed by atoms with Gasteiger partial charge in [0.1, 0.15) is 0 Å². The highest BCUT2D eigenvalue weighted by molar-refractivity contribution is 6.30. The largest absolute Gasteiger partial charge is 0.361 e. The molecule has 2 N–H and O–H groups in total. The number of benzene rings is 2. The predicted octanol–water partition coefficient (Wildman–Crippen LogP) is 4.95. The van der Waals surface area contributed by atoms with Crippen LogP contribution in [0.4, 0.5) is 0 Å². The zero-order valence-corrected chi connectivity index (χ0v) is 17.4. The third-order valence-electron chi connectivity index (χ3n) is 5.84. The van der Waals surface area contributed by atoms with Crippen LogP contribution in [0.3, 0.4) is 0 Å². The second-order valence-corrected chi connectivity index (χ2v) is 8.29. The summed E-state index contributed by atoms with van der Waals surface area (Å²) in [5.41, 5.74) is 3.28. The second kappa shape index (κ2) is 9.47. The van der Waals surface area contributed by atoms with Crippen molar-refractivity contribution in [2.24, 2.45) is 0 Å². The van der Waals surface area contributed by atoms with Gasteiger partial charge in [0.25, 0.3) is 0 Å². The van der Waals surface area contributed by atoms with Crippen molar-refractivity contribution in [3.63, 3.8) is 0 Å². The van der Waals surface area contributed by atoms with Crippen LogP contribution in [0.2, 0.25) is 5.02 Å². The fourth-order valence-electron chi connectivity index (χ4n) is 4.31. The highest BCUT2D eigenvalue weighted by atomic mass is 35.5. The van der Waals surface area contributed by atoms with Crippen LogP contribution in [-0.2, 0) is 4.79 Å². The molecular weight excluding hydrogens is 382 g/mol. The van der Waals surface area contributed by atoms with Crippen LogP contribution in [0.25, 0.3) is 10.9 Å².